The highest BCUT2D eigenvalue weighted by Crippen LogP contribution is 2.45. The zero-order chi connectivity index (χ0) is 5.61. The third-order valence-corrected chi connectivity index (χ3v) is 3.77. The van der Waals surface area contributed by atoms with Crippen LogP contribution < -0.4 is 0 Å². The van der Waals surface area contributed by atoms with Crippen LogP contribution in [0.25, 0.3) is 0 Å². The van der Waals surface area contributed by atoms with Gasteiger partial charge >= 0.3 is 0 Å². The lowest BCUT2D eigenvalue weighted by Crippen LogP contribution is -2.59. The highest BCUT2D eigenvalue weighted by Gasteiger charge is 2.46. The normalized spacial score (nSPS) is 34.1. The summed E-state index contributed by atoms with van der Waals surface area (Å²) in [6.45, 7) is 2.45. The standard InChI is InChI=1S/C5H9NS2/c7-6-1-5(2-6)3-8-4-5/h7H,1-4H2. The summed E-state index contributed by atoms with van der Waals surface area (Å²) in [5.74, 6) is 2.76. The van der Waals surface area contributed by atoms with Crippen molar-refractivity contribution in [3.05, 3.63) is 0 Å². The lowest BCUT2D eigenvalue weighted by atomic mass is 9.85. The maximum atomic E-state index is 4.21. The van der Waals surface area contributed by atoms with Crippen molar-refractivity contribution in [3.8, 4) is 0 Å². The first-order valence-electron chi connectivity index (χ1n) is 2.82. The summed E-state index contributed by atoms with van der Waals surface area (Å²) >= 11 is 6.27. The lowest BCUT2D eigenvalue weighted by molar-refractivity contribution is 0.124. The minimum Gasteiger partial charge on any atom is -0.252 e. The number of thioether (sulfide) groups is 1. The largest absolute Gasteiger partial charge is 0.252 e. The maximum Gasteiger partial charge on any atom is 0.0172 e. The van der Waals surface area contributed by atoms with E-state index in [4.69, 9.17) is 0 Å². The van der Waals surface area contributed by atoms with Crippen LogP contribution in [0.2, 0.25) is 0 Å². The van der Waals surface area contributed by atoms with E-state index >= 15 is 0 Å². The first-order valence-corrected chi connectivity index (χ1v) is 4.38. The van der Waals surface area contributed by atoms with Crippen LogP contribution in [0.1, 0.15) is 0 Å². The zero-order valence-corrected chi connectivity index (χ0v) is 6.34. The molecule has 0 N–H and O–H groups in total. The number of hydrogen-bond donors (Lipinski definition) is 1. The van der Waals surface area contributed by atoms with Gasteiger partial charge in [0.25, 0.3) is 0 Å². The Bertz CT molecular complexity index is 103. The average molecular weight is 147 g/mol. The maximum absolute atomic E-state index is 4.21. The molecule has 0 unspecified atom stereocenters. The molecule has 46 valence electrons. The molecule has 8 heavy (non-hydrogen) atoms. The number of hydrogen-bond acceptors (Lipinski definition) is 3. The molecule has 0 radical (unpaired) electrons. The Balaban J connectivity index is 1.92. The molecule has 0 amide bonds. The van der Waals surface area contributed by atoms with Crippen LogP contribution in [-0.2, 0) is 0 Å². The topological polar surface area (TPSA) is 3.24 Å². The fraction of sp³-hybridized carbons (Fsp3) is 1.00. The predicted molar refractivity (Wildman–Crippen MR) is 40.3 cm³/mol. The van der Waals surface area contributed by atoms with Crippen LogP contribution in [0.5, 0.6) is 0 Å². The Kier molecular flexibility index (Phi) is 1.08. The Morgan fingerprint density at radius 3 is 2.12 bits per heavy atom. The van der Waals surface area contributed by atoms with E-state index in [0.29, 0.717) is 0 Å². The summed E-state index contributed by atoms with van der Waals surface area (Å²) in [7, 11) is 0. The molecule has 2 aliphatic heterocycles. The Labute approximate surface area is 59.4 Å². The summed E-state index contributed by atoms with van der Waals surface area (Å²) in [4.78, 5) is 0. The average Bonchev–Trinajstić information content (AvgIpc) is 1.51. The summed E-state index contributed by atoms with van der Waals surface area (Å²) in [6.07, 6.45) is 0. The van der Waals surface area contributed by atoms with Gasteiger partial charge in [-0.05, 0) is 0 Å². The van der Waals surface area contributed by atoms with Gasteiger partial charge in [-0.15, -0.1) is 0 Å². The summed E-state index contributed by atoms with van der Waals surface area (Å²) in [6, 6.07) is 0. The second-order valence-corrected chi connectivity index (χ2v) is 4.37. The quantitative estimate of drug-likeness (QED) is 0.507. The molecule has 2 saturated heterocycles. The molecule has 0 aromatic heterocycles. The highest BCUT2D eigenvalue weighted by molar-refractivity contribution is 8.00. The molecular formula is C5H9NS2. The molecule has 2 heterocycles. The first-order chi connectivity index (χ1) is 3.81. The van der Waals surface area contributed by atoms with Crippen molar-refractivity contribution in [2.24, 2.45) is 5.41 Å². The molecule has 0 bridgehead atoms. The molecule has 2 rings (SSSR count). The fourth-order valence-electron chi connectivity index (χ4n) is 1.30. The molecule has 0 aromatic carbocycles. The molecule has 1 spiro atoms. The summed E-state index contributed by atoms with van der Waals surface area (Å²) < 4.78 is 2.10. The van der Waals surface area contributed by atoms with Gasteiger partial charge in [0.1, 0.15) is 0 Å². The van der Waals surface area contributed by atoms with Crippen LogP contribution in [0.15, 0.2) is 0 Å². The van der Waals surface area contributed by atoms with Crippen molar-refractivity contribution < 1.29 is 0 Å². The predicted octanol–water partition coefficient (Wildman–Crippen LogP) is 0.880. The van der Waals surface area contributed by atoms with Gasteiger partial charge in [-0.25, -0.2) is 0 Å². The SMILES string of the molecule is SN1CC2(CSC2)C1. The van der Waals surface area contributed by atoms with Gasteiger partial charge in [0.2, 0.25) is 0 Å². The van der Waals surface area contributed by atoms with Gasteiger partial charge in [-0.1, -0.05) is 12.8 Å². The van der Waals surface area contributed by atoms with Gasteiger partial charge in [0.05, 0.1) is 0 Å². The Morgan fingerprint density at radius 1 is 1.38 bits per heavy atom. The molecule has 3 heteroatoms. The molecule has 2 aliphatic rings. The van der Waals surface area contributed by atoms with E-state index in [1.807, 2.05) is 0 Å². The smallest absolute Gasteiger partial charge is 0.0172 e. The van der Waals surface area contributed by atoms with E-state index < -0.39 is 0 Å². The monoisotopic (exact) mass is 147 g/mol. The number of nitrogens with zero attached hydrogens (tertiary/aromatic N) is 1. The zero-order valence-electron chi connectivity index (χ0n) is 4.63. The van der Waals surface area contributed by atoms with Crippen LogP contribution in [0.4, 0.5) is 0 Å². The second kappa shape index (κ2) is 1.58. The summed E-state index contributed by atoms with van der Waals surface area (Å²) in [5, 5.41) is 0. The minimum absolute atomic E-state index is 0.729. The summed E-state index contributed by atoms with van der Waals surface area (Å²) in [5.41, 5.74) is 0.729. The van der Waals surface area contributed by atoms with E-state index in [1.165, 1.54) is 24.6 Å². The van der Waals surface area contributed by atoms with E-state index in [0.717, 1.165) is 5.41 Å². The lowest BCUT2D eigenvalue weighted by Gasteiger charge is -2.53. The molecule has 0 aliphatic carbocycles. The molecule has 0 aromatic rings. The van der Waals surface area contributed by atoms with Crippen molar-refractivity contribution >= 4 is 24.6 Å². The van der Waals surface area contributed by atoms with Crippen LogP contribution in [0.3, 0.4) is 0 Å². The van der Waals surface area contributed by atoms with Gasteiger partial charge in [0.15, 0.2) is 0 Å². The Hall–Kier alpha value is 0.660. The molecule has 0 atom stereocenters. The van der Waals surface area contributed by atoms with E-state index in [1.54, 1.807) is 0 Å². The first kappa shape index (κ1) is 5.45. The molecule has 1 nitrogen and oxygen atoms in total. The van der Waals surface area contributed by atoms with Crippen molar-refractivity contribution in [1.82, 2.24) is 4.31 Å². The van der Waals surface area contributed by atoms with Gasteiger partial charge in [-0.3, -0.25) is 4.31 Å². The highest BCUT2D eigenvalue weighted by atomic mass is 32.2. The van der Waals surface area contributed by atoms with Crippen molar-refractivity contribution in [2.45, 2.75) is 0 Å². The van der Waals surface area contributed by atoms with E-state index in [9.17, 15) is 0 Å². The van der Waals surface area contributed by atoms with Crippen LogP contribution in [-0.4, -0.2) is 28.9 Å². The van der Waals surface area contributed by atoms with Crippen LogP contribution in [0, 0.1) is 5.41 Å². The third-order valence-electron chi connectivity index (χ3n) is 1.85. The van der Waals surface area contributed by atoms with Gasteiger partial charge in [0, 0.05) is 30.0 Å². The Morgan fingerprint density at radius 2 is 2.00 bits per heavy atom. The molecular weight excluding hydrogens is 138 g/mol. The minimum atomic E-state index is 0.729. The third kappa shape index (κ3) is 0.613. The van der Waals surface area contributed by atoms with Crippen molar-refractivity contribution in [2.75, 3.05) is 24.6 Å². The van der Waals surface area contributed by atoms with Gasteiger partial charge < -0.3 is 0 Å². The number of thiol groups is 1. The van der Waals surface area contributed by atoms with E-state index in [2.05, 4.69) is 28.9 Å². The van der Waals surface area contributed by atoms with Crippen molar-refractivity contribution in [3.63, 3.8) is 0 Å². The second-order valence-electron chi connectivity index (χ2n) is 2.82. The van der Waals surface area contributed by atoms with Crippen LogP contribution >= 0.6 is 24.6 Å². The fourth-order valence-corrected chi connectivity index (χ4v) is 3.05. The molecule has 2 fully saturated rings. The number of rotatable bonds is 0. The van der Waals surface area contributed by atoms with Crippen molar-refractivity contribution in [1.29, 1.82) is 0 Å². The van der Waals surface area contributed by atoms with E-state index in [-0.39, 0.29) is 0 Å². The van der Waals surface area contributed by atoms with Gasteiger partial charge in [-0.2, -0.15) is 11.8 Å². The molecule has 0 saturated carbocycles.